The molecule has 0 fully saturated rings. The fourth-order valence-corrected chi connectivity index (χ4v) is 2.37. The SMILES string of the molecule is Cn1nnc(NC(=O)c2ccc3nc(N)sc3c2)n1. The highest BCUT2D eigenvalue weighted by atomic mass is 32.1. The summed E-state index contributed by atoms with van der Waals surface area (Å²) >= 11 is 1.33. The molecule has 19 heavy (non-hydrogen) atoms. The molecular formula is C10H9N7OS. The third kappa shape index (κ3) is 2.22. The van der Waals surface area contributed by atoms with Crippen molar-refractivity contribution in [3.05, 3.63) is 23.8 Å². The van der Waals surface area contributed by atoms with Crippen molar-refractivity contribution in [3.8, 4) is 0 Å². The van der Waals surface area contributed by atoms with Gasteiger partial charge in [0.1, 0.15) is 0 Å². The van der Waals surface area contributed by atoms with E-state index in [9.17, 15) is 4.79 Å². The number of nitrogens with two attached hydrogens (primary N) is 1. The maximum absolute atomic E-state index is 12.0. The average Bonchev–Trinajstić information content (AvgIpc) is 2.93. The van der Waals surface area contributed by atoms with E-state index in [0.29, 0.717) is 10.7 Å². The third-order valence-electron chi connectivity index (χ3n) is 2.40. The molecule has 8 nitrogen and oxygen atoms in total. The first-order valence-corrected chi connectivity index (χ1v) is 6.15. The molecule has 1 amide bonds. The zero-order valence-corrected chi connectivity index (χ0v) is 10.7. The number of fused-ring (bicyclic) bond motifs is 1. The Hall–Kier alpha value is -2.55. The lowest BCUT2D eigenvalue weighted by Crippen LogP contribution is -2.13. The molecule has 0 unspecified atom stereocenters. The second kappa shape index (κ2) is 4.28. The zero-order valence-electron chi connectivity index (χ0n) is 9.86. The molecule has 1 aromatic carbocycles. The molecule has 0 aliphatic carbocycles. The molecule has 3 rings (SSSR count). The van der Waals surface area contributed by atoms with Gasteiger partial charge < -0.3 is 5.73 Å². The van der Waals surface area contributed by atoms with Gasteiger partial charge in [-0.1, -0.05) is 16.4 Å². The minimum absolute atomic E-state index is 0.163. The predicted molar refractivity (Wildman–Crippen MR) is 70.8 cm³/mol. The van der Waals surface area contributed by atoms with E-state index >= 15 is 0 Å². The molecule has 0 saturated carbocycles. The third-order valence-corrected chi connectivity index (χ3v) is 3.25. The smallest absolute Gasteiger partial charge is 0.270 e. The first kappa shape index (κ1) is 11.5. The number of nitrogens with zero attached hydrogens (tertiary/aromatic N) is 5. The van der Waals surface area contributed by atoms with Gasteiger partial charge in [0, 0.05) is 5.56 Å². The number of tetrazole rings is 1. The monoisotopic (exact) mass is 275 g/mol. The standard InChI is InChI=1S/C10H9N7OS/c1-17-15-10(14-16-17)13-8(18)5-2-3-6-7(4-5)19-9(11)12-6/h2-4H,1H3,(H2,11,12)(H,13,15,18). The molecule has 0 saturated heterocycles. The Labute approximate surface area is 111 Å². The van der Waals surface area contributed by atoms with Gasteiger partial charge in [0.05, 0.1) is 17.3 Å². The van der Waals surface area contributed by atoms with Crippen LogP contribution in [0.25, 0.3) is 10.2 Å². The zero-order chi connectivity index (χ0) is 13.4. The van der Waals surface area contributed by atoms with Crippen LogP contribution < -0.4 is 11.1 Å². The average molecular weight is 275 g/mol. The number of hydrogen-bond acceptors (Lipinski definition) is 7. The minimum atomic E-state index is -0.304. The van der Waals surface area contributed by atoms with Crippen LogP contribution in [0, 0.1) is 0 Å². The topological polar surface area (TPSA) is 112 Å². The van der Waals surface area contributed by atoms with Crippen LogP contribution in [0.15, 0.2) is 18.2 Å². The van der Waals surface area contributed by atoms with Crippen LogP contribution in [0.1, 0.15) is 10.4 Å². The Morgan fingerprint density at radius 3 is 3.05 bits per heavy atom. The first-order chi connectivity index (χ1) is 9.11. The molecule has 96 valence electrons. The van der Waals surface area contributed by atoms with Crippen molar-refractivity contribution in [2.24, 2.45) is 7.05 Å². The number of thiazole rings is 1. The van der Waals surface area contributed by atoms with Crippen LogP contribution in [0.5, 0.6) is 0 Å². The van der Waals surface area contributed by atoms with Gasteiger partial charge in [-0.3, -0.25) is 10.1 Å². The van der Waals surface area contributed by atoms with Crippen LogP contribution in [0.2, 0.25) is 0 Å². The summed E-state index contributed by atoms with van der Waals surface area (Å²) in [5.74, 6) is -0.140. The van der Waals surface area contributed by atoms with Gasteiger partial charge in [-0.15, -0.1) is 5.10 Å². The summed E-state index contributed by atoms with van der Waals surface area (Å²) in [6.07, 6.45) is 0. The first-order valence-electron chi connectivity index (χ1n) is 5.33. The van der Waals surface area contributed by atoms with Gasteiger partial charge in [0.15, 0.2) is 5.13 Å². The fraction of sp³-hybridized carbons (Fsp3) is 0.100. The Balaban J connectivity index is 1.88. The van der Waals surface area contributed by atoms with Crippen molar-refractivity contribution in [1.29, 1.82) is 0 Å². The normalized spacial score (nSPS) is 10.8. The molecule has 0 radical (unpaired) electrons. The lowest BCUT2D eigenvalue weighted by Gasteiger charge is -2.00. The number of carbonyl (C=O) groups is 1. The summed E-state index contributed by atoms with van der Waals surface area (Å²) in [7, 11) is 1.62. The van der Waals surface area contributed by atoms with Crippen molar-refractivity contribution in [2.75, 3.05) is 11.1 Å². The van der Waals surface area contributed by atoms with Gasteiger partial charge in [0.25, 0.3) is 11.9 Å². The molecule has 9 heteroatoms. The Bertz CT molecular complexity index is 762. The van der Waals surface area contributed by atoms with E-state index in [-0.39, 0.29) is 11.9 Å². The highest BCUT2D eigenvalue weighted by molar-refractivity contribution is 7.22. The number of hydrogen-bond donors (Lipinski definition) is 2. The number of carbonyl (C=O) groups excluding carboxylic acids is 1. The van der Waals surface area contributed by atoms with Crippen molar-refractivity contribution in [1.82, 2.24) is 25.2 Å². The summed E-state index contributed by atoms with van der Waals surface area (Å²) in [5, 5.41) is 14.2. The summed E-state index contributed by atoms with van der Waals surface area (Å²) < 4.78 is 0.859. The number of anilines is 2. The van der Waals surface area contributed by atoms with Crippen molar-refractivity contribution in [3.63, 3.8) is 0 Å². The van der Waals surface area contributed by atoms with Crippen molar-refractivity contribution >= 4 is 38.5 Å². The molecule has 0 aliphatic heterocycles. The number of amides is 1. The number of nitrogen functional groups attached to an aromatic ring is 1. The van der Waals surface area contributed by atoms with E-state index in [1.165, 1.54) is 16.1 Å². The van der Waals surface area contributed by atoms with Gasteiger partial charge in [0.2, 0.25) is 0 Å². The summed E-state index contributed by atoms with van der Waals surface area (Å²) in [5.41, 5.74) is 6.88. The van der Waals surface area contributed by atoms with Gasteiger partial charge in [-0.25, -0.2) is 4.98 Å². The molecule has 0 bridgehead atoms. The number of nitrogens with one attached hydrogen (secondary N) is 1. The van der Waals surface area contributed by atoms with Gasteiger partial charge in [-0.2, -0.15) is 4.80 Å². The van der Waals surface area contributed by atoms with Crippen LogP contribution in [0.4, 0.5) is 11.1 Å². The Morgan fingerprint density at radius 1 is 1.47 bits per heavy atom. The maximum atomic E-state index is 12.0. The predicted octanol–water partition coefficient (Wildman–Crippen LogP) is 0.654. The van der Waals surface area contributed by atoms with E-state index < -0.39 is 0 Å². The number of aromatic nitrogens is 5. The van der Waals surface area contributed by atoms with Crippen LogP contribution in [-0.2, 0) is 7.05 Å². The van der Waals surface area contributed by atoms with Crippen LogP contribution in [-0.4, -0.2) is 31.1 Å². The number of aryl methyl sites for hydroxylation is 1. The lowest BCUT2D eigenvalue weighted by molar-refractivity contribution is 0.102. The Kier molecular flexibility index (Phi) is 2.60. The van der Waals surface area contributed by atoms with E-state index in [2.05, 4.69) is 25.7 Å². The molecule has 2 heterocycles. The van der Waals surface area contributed by atoms with E-state index in [1.807, 2.05) is 0 Å². The fourth-order valence-electron chi connectivity index (χ4n) is 1.59. The minimum Gasteiger partial charge on any atom is -0.375 e. The quantitative estimate of drug-likeness (QED) is 0.710. The molecule has 3 aromatic rings. The van der Waals surface area contributed by atoms with Crippen LogP contribution >= 0.6 is 11.3 Å². The van der Waals surface area contributed by atoms with E-state index in [4.69, 9.17) is 5.73 Å². The molecular weight excluding hydrogens is 266 g/mol. The molecule has 0 spiro atoms. The van der Waals surface area contributed by atoms with E-state index in [0.717, 1.165) is 10.2 Å². The largest absolute Gasteiger partial charge is 0.375 e. The molecule has 2 aromatic heterocycles. The molecule has 0 aliphatic rings. The van der Waals surface area contributed by atoms with Gasteiger partial charge >= 0.3 is 0 Å². The Morgan fingerprint density at radius 2 is 2.32 bits per heavy atom. The highest BCUT2D eigenvalue weighted by Gasteiger charge is 2.11. The molecule has 0 atom stereocenters. The van der Waals surface area contributed by atoms with Crippen molar-refractivity contribution < 1.29 is 4.79 Å². The van der Waals surface area contributed by atoms with Crippen LogP contribution in [0.3, 0.4) is 0 Å². The van der Waals surface area contributed by atoms with E-state index in [1.54, 1.807) is 25.2 Å². The van der Waals surface area contributed by atoms with Gasteiger partial charge in [-0.05, 0) is 23.4 Å². The summed E-state index contributed by atoms with van der Waals surface area (Å²) in [6, 6.07) is 5.16. The lowest BCUT2D eigenvalue weighted by atomic mass is 10.2. The highest BCUT2D eigenvalue weighted by Crippen LogP contribution is 2.24. The van der Waals surface area contributed by atoms with Crippen molar-refractivity contribution in [2.45, 2.75) is 0 Å². The molecule has 3 N–H and O–H groups in total. The maximum Gasteiger partial charge on any atom is 0.270 e. The summed E-state index contributed by atoms with van der Waals surface area (Å²) in [4.78, 5) is 17.4. The second-order valence-corrected chi connectivity index (χ2v) is 4.85. The summed E-state index contributed by atoms with van der Waals surface area (Å²) in [6.45, 7) is 0. The number of rotatable bonds is 2. The second-order valence-electron chi connectivity index (χ2n) is 3.79. The number of benzene rings is 1.